The van der Waals surface area contributed by atoms with Crippen LogP contribution in [-0.2, 0) is 16.6 Å². The van der Waals surface area contributed by atoms with Gasteiger partial charge in [0.1, 0.15) is 0 Å². The highest BCUT2D eigenvalue weighted by Gasteiger charge is 2.41. The third-order valence-corrected chi connectivity index (χ3v) is 6.01. The summed E-state index contributed by atoms with van der Waals surface area (Å²) in [6.45, 7) is 5.52. The molecule has 1 aromatic heterocycles. The maximum absolute atomic E-state index is 12.8. The van der Waals surface area contributed by atoms with Gasteiger partial charge in [0.05, 0.1) is 4.90 Å². The van der Waals surface area contributed by atoms with E-state index in [4.69, 9.17) is 0 Å². The topological polar surface area (TPSA) is 65.2 Å². The molecular weight excluding hydrogens is 286 g/mol. The van der Waals surface area contributed by atoms with Crippen molar-refractivity contribution in [1.29, 1.82) is 0 Å². The molecule has 21 heavy (non-hydrogen) atoms. The van der Waals surface area contributed by atoms with Crippen molar-refractivity contribution in [1.82, 2.24) is 14.6 Å². The largest absolute Gasteiger partial charge is 0.363 e. The minimum absolute atomic E-state index is 0.239. The van der Waals surface area contributed by atoms with Crippen LogP contribution in [0.4, 0.5) is 0 Å². The molecule has 0 bridgehead atoms. The molecule has 0 aromatic carbocycles. The Morgan fingerprint density at radius 3 is 2.62 bits per heavy atom. The molecule has 1 heterocycles. The summed E-state index contributed by atoms with van der Waals surface area (Å²) >= 11 is 0. The van der Waals surface area contributed by atoms with Crippen molar-refractivity contribution in [2.24, 2.45) is 5.92 Å². The van der Waals surface area contributed by atoms with Crippen molar-refractivity contribution in [3.63, 3.8) is 0 Å². The van der Waals surface area contributed by atoms with Gasteiger partial charge < -0.3 is 10.3 Å². The standard InChI is InChI=1S/C15H25N3O2S/c1-11(2)16-8-13-7-15(9-17-13)21(19,20)18(14-5-6-14)10-12-3-4-12/h7,9,11-12,14,16-17H,3-6,8,10H2,1-2H3. The summed E-state index contributed by atoms with van der Waals surface area (Å²) in [4.78, 5) is 3.49. The van der Waals surface area contributed by atoms with Gasteiger partial charge in [-0.2, -0.15) is 4.31 Å². The predicted octanol–water partition coefficient (Wildman–Crippen LogP) is 2.08. The highest BCUT2D eigenvalue weighted by molar-refractivity contribution is 7.89. The summed E-state index contributed by atoms with van der Waals surface area (Å²) < 4.78 is 27.4. The molecule has 2 aliphatic carbocycles. The molecule has 0 aliphatic heterocycles. The van der Waals surface area contributed by atoms with Gasteiger partial charge in [0.15, 0.2) is 0 Å². The van der Waals surface area contributed by atoms with E-state index in [0.29, 0.717) is 29.9 Å². The number of aromatic amines is 1. The van der Waals surface area contributed by atoms with Gasteiger partial charge in [0.2, 0.25) is 10.0 Å². The molecule has 2 N–H and O–H groups in total. The van der Waals surface area contributed by atoms with E-state index in [1.807, 2.05) is 0 Å². The number of H-pyrrole nitrogens is 1. The monoisotopic (exact) mass is 311 g/mol. The van der Waals surface area contributed by atoms with E-state index < -0.39 is 10.0 Å². The van der Waals surface area contributed by atoms with Gasteiger partial charge in [-0.1, -0.05) is 13.8 Å². The lowest BCUT2D eigenvalue weighted by Gasteiger charge is -2.20. The molecule has 5 nitrogen and oxygen atoms in total. The quantitative estimate of drug-likeness (QED) is 0.772. The maximum Gasteiger partial charge on any atom is 0.244 e. The summed E-state index contributed by atoms with van der Waals surface area (Å²) in [5, 5.41) is 3.29. The number of hydrogen-bond donors (Lipinski definition) is 2. The summed E-state index contributed by atoms with van der Waals surface area (Å²) in [5.74, 6) is 0.585. The van der Waals surface area contributed by atoms with Crippen molar-refractivity contribution in [3.8, 4) is 0 Å². The number of nitrogens with one attached hydrogen (secondary N) is 2. The second kappa shape index (κ2) is 5.74. The molecular formula is C15H25N3O2S. The fraction of sp³-hybridized carbons (Fsp3) is 0.733. The third kappa shape index (κ3) is 3.67. The first kappa shape index (κ1) is 15.1. The number of aromatic nitrogens is 1. The van der Waals surface area contributed by atoms with Crippen molar-refractivity contribution < 1.29 is 8.42 Å². The highest BCUT2D eigenvalue weighted by atomic mass is 32.2. The highest BCUT2D eigenvalue weighted by Crippen LogP contribution is 2.38. The third-order valence-electron chi connectivity index (χ3n) is 4.11. The lowest BCUT2D eigenvalue weighted by atomic mass is 10.3. The summed E-state index contributed by atoms with van der Waals surface area (Å²) in [6.07, 6.45) is 6.01. The first-order valence-electron chi connectivity index (χ1n) is 7.89. The van der Waals surface area contributed by atoms with Gasteiger partial charge in [-0.15, -0.1) is 0 Å². The average molecular weight is 311 g/mol. The van der Waals surface area contributed by atoms with Crippen LogP contribution in [-0.4, -0.2) is 36.3 Å². The fourth-order valence-electron chi connectivity index (χ4n) is 2.48. The zero-order chi connectivity index (χ0) is 15.0. The van der Waals surface area contributed by atoms with Crippen LogP contribution in [0.1, 0.15) is 45.2 Å². The Morgan fingerprint density at radius 2 is 2.05 bits per heavy atom. The number of nitrogens with zero attached hydrogens (tertiary/aromatic N) is 1. The minimum Gasteiger partial charge on any atom is -0.363 e. The van der Waals surface area contributed by atoms with Crippen LogP contribution in [0.25, 0.3) is 0 Å². The van der Waals surface area contributed by atoms with E-state index in [9.17, 15) is 8.42 Å². The van der Waals surface area contributed by atoms with Crippen LogP contribution < -0.4 is 5.32 Å². The van der Waals surface area contributed by atoms with Crippen LogP contribution in [0.3, 0.4) is 0 Å². The van der Waals surface area contributed by atoms with Gasteiger partial charge in [0.25, 0.3) is 0 Å². The Balaban J connectivity index is 1.73. The van der Waals surface area contributed by atoms with E-state index in [2.05, 4.69) is 24.1 Å². The van der Waals surface area contributed by atoms with Crippen LogP contribution in [0.15, 0.2) is 17.2 Å². The molecule has 0 unspecified atom stereocenters. The van der Waals surface area contributed by atoms with Crippen molar-refractivity contribution in [2.45, 2.75) is 63.1 Å². The first-order valence-corrected chi connectivity index (χ1v) is 9.33. The van der Waals surface area contributed by atoms with Crippen LogP contribution in [0, 0.1) is 5.92 Å². The molecule has 0 amide bonds. The Labute approximate surface area is 127 Å². The van der Waals surface area contributed by atoms with E-state index in [-0.39, 0.29) is 6.04 Å². The second-order valence-electron chi connectivity index (χ2n) is 6.65. The molecule has 0 spiro atoms. The summed E-state index contributed by atoms with van der Waals surface area (Å²) in [7, 11) is -3.34. The van der Waals surface area contributed by atoms with E-state index in [1.165, 1.54) is 12.8 Å². The molecule has 0 atom stereocenters. The predicted molar refractivity (Wildman–Crippen MR) is 82.4 cm³/mol. The fourth-order valence-corrected chi connectivity index (χ4v) is 4.26. The van der Waals surface area contributed by atoms with Crippen molar-refractivity contribution >= 4 is 10.0 Å². The average Bonchev–Trinajstić information content (AvgIpc) is 3.32. The second-order valence-corrected chi connectivity index (χ2v) is 8.54. The molecule has 2 fully saturated rings. The first-order chi connectivity index (χ1) is 9.96. The van der Waals surface area contributed by atoms with E-state index >= 15 is 0 Å². The normalized spacial score (nSPS) is 19.6. The Morgan fingerprint density at radius 1 is 1.33 bits per heavy atom. The van der Waals surface area contributed by atoms with Crippen molar-refractivity contribution in [2.75, 3.05) is 6.54 Å². The van der Waals surface area contributed by atoms with E-state index in [1.54, 1.807) is 16.6 Å². The van der Waals surface area contributed by atoms with Gasteiger partial charge in [-0.3, -0.25) is 0 Å². The van der Waals surface area contributed by atoms with Gasteiger partial charge in [0, 0.05) is 37.1 Å². The Bertz CT molecular complexity index is 586. The Hall–Kier alpha value is -0.850. The molecule has 0 saturated heterocycles. The van der Waals surface area contributed by atoms with Crippen LogP contribution in [0.2, 0.25) is 0 Å². The summed E-state index contributed by atoms with van der Waals surface area (Å²) in [6, 6.07) is 2.39. The molecule has 0 radical (unpaired) electrons. The number of hydrogen-bond acceptors (Lipinski definition) is 3. The number of rotatable bonds is 8. The van der Waals surface area contributed by atoms with Crippen molar-refractivity contribution in [3.05, 3.63) is 18.0 Å². The molecule has 2 aliphatic rings. The SMILES string of the molecule is CC(C)NCc1cc(S(=O)(=O)N(CC2CC2)C2CC2)c[nH]1. The molecule has 3 rings (SSSR count). The van der Waals surface area contributed by atoms with E-state index in [0.717, 1.165) is 18.5 Å². The lowest BCUT2D eigenvalue weighted by Crippen LogP contribution is -2.34. The maximum atomic E-state index is 12.8. The van der Waals surface area contributed by atoms with Crippen LogP contribution in [0.5, 0.6) is 0 Å². The Kier molecular flexibility index (Phi) is 4.12. The number of sulfonamides is 1. The molecule has 6 heteroatoms. The zero-order valence-corrected chi connectivity index (χ0v) is 13.6. The summed E-state index contributed by atoms with van der Waals surface area (Å²) in [5.41, 5.74) is 0.921. The molecule has 118 valence electrons. The molecule has 1 aromatic rings. The minimum atomic E-state index is -3.34. The van der Waals surface area contributed by atoms with Gasteiger partial charge in [-0.05, 0) is 37.7 Å². The zero-order valence-electron chi connectivity index (χ0n) is 12.8. The van der Waals surface area contributed by atoms with Gasteiger partial charge in [-0.25, -0.2) is 8.42 Å². The lowest BCUT2D eigenvalue weighted by molar-refractivity contribution is 0.389. The van der Waals surface area contributed by atoms with Crippen LogP contribution >= 0.6 is 0 Å². The smallest absolute Gasteiger partial charge is 0.244 e. The van der Waals surface area contributed by atoms with Gasteiger partial charge >= 0.3 is 0 Å². The molecule has 2 saturated carbocycles.